The lowest BCUT2D eigenvalue weighted by atomic mass is 10.2. The number of hydrogen-bond donors (Lipinski definition) is 1. The number of rotatable bonds is 6. The van der Waals surface area contributed by atoms with E-state index in [1.54, 1.807) is 25.3 Å². The van der Waals surface area contributed by atoms with E-state index in [2.05, 4.69) is 5.32 Å². The summed E-state index contributed by atoms with van der Waals surface area (Å²) in [4.78, 5) is 0. The second kappa shape index (κ2) is 4.80. The van der Waals surface area contributed by atoms with Crippen LogP contribution in [-0.2, 0) is 10.0 Å². The molecule has 90 valence electrons. The predicted molar refractivity (Wildman–Crippen MR) is 62.3 cm³/mol. The smallest absolute Gasteiger partial charge is 0.217 e. The van der Waals surface area contributed by atoms with Crippen molar-refractivity contribution < 1.29 is 8.42 Å². The summed E-state index contributed by atoms with van der Waals surface area (Å²) in [6.07, 6.45) is 2.34. The third kappa shape index (κ3) is 2.92. The molecule has 1 fully saturated rings. The van der Waals surface area contributed by atoms with Crippen molar-refractivity contribution in [2.24, 2.45) is 5.92 Å². The topological polar surface area (TPSA) is 49.4 Å². The van der Waals surface area contributed by atoms with Crippen molar-refractivity contribution in [1.29, 1.82) is 0 Å². The van der Waals surface area contributed by atoms with Gasteiger partial charge in [-0.05, 0) is 39.7 Å². The lowest BCUT2D eigenvalue weighted by Crippen LogP contribution is -2.44. The zero-order valence-electron chi connectivity index (χ0n) is 10.0. The van der Waals surface area contributed by atoms with Crippen molar-refractivity contribution in [3.05, 3.63) is 0 Å². The first-order chi connectivity index (χ1) is 6.91. The van der Waals surface area contributed by atoms with E-state index < -0.39 is 10.0 Å². The second-order valence-corrected chi connectivity index (χ2v) is 6.92. The number of nitrogens with one attached hydrogen (secondary N) is 1. The zero-order valence-corrected chi connectivity index (χ0v) is 10.8. The molecule has 2 atom stereocenters. The van der Waals surface area contributed by atoms with Crippen LogP contribution in [0.2, 0.25) is 0 Å². The minimum atomic E-state index is -3.13. The second-order valence-electron chi connectivity index (χ2n) is 4.51. The van der Waals surface area contributed by atoms with E-state index in [1.165, 1.54) is 12.8 Å². The van der Waals surface area contributed by atoms with Crippen LogP contribution in [-0.4, -0.2) is 44.7 Å². The lowest BCUT2D eigenvalue weighted by molar-refractivity contribution is 0.352. The molecule has 1 rings (SSSR count). The monoisotopic (exact) mass is 234 g/mol. The Labute approximate surface area is 93.1 Å². The van der Waals surface area contributed by atoms with Gasteiger partial charge < -0.3 is 5.32 Å². The first kappa shape index (κ1) is 12.9. The highest BCUT2D eigenvalue weighted by molar-refractivity contribution is 7.89. The molecule has 2 unspecified atom stereocenters. The summed E-state index contributed by atoms with van der Waals surface area (Å²) in [6.45, 7) is 4.26. The fraction of sp³-hybridized carbons (Fsp3) is 1.00. The van der Waals surface area contributed by atoms with E-state index in [0.717, 1.165) is 0 Å². The molecule has 4 nitrogen and oxygen atoms in total. The predicted octanol–water partition coefficient (Wildman–Crippen LogP) is 0.654. The maximum atomic E-state index is 12.1. The third-order valence-corrected chi connectivity index (χ3v) is 5.60. The summed E-state index contributed by atoms with van der Waals surface area (Å²) in [5, 5.41) is 2.55. The van der Waals surface area contributed by atoms with Gasteiger partial charge in [0.15, 0.2) is 0 Å². The molecule has 15 heavy (non-hydrogen) atoms. The molecule has 1 saturated carbocycles. The minimum absolute atomic E-state index is 0.148. The van der Waals surface area contributed by atoms with Crippen LogP contribution in [0.5, 0.6) is 0 Å². The van der Waals surface area contributed by atoms with Gasteiger partial charge in [0.2, 0.25) is 10.0 Å². The SMILES string of the molecule is CNCC(C)S(=O)(=O)N(C)C(C)C1CC1. The van der Waals surface area contributed by atoms with Crippen LogP contribution in [0.15, 0.2) is 0 Å². The van der Waals surface area contributed by atoms with Crippen molar-refractivity contribution in [3.63, 3.8) is 0 Å². The van der Waals surface area contributed by atoms with Gasteiger partial charge in [-0.3, -0.25) is 0 Å². The van der Waals surface area contributed by atoms with Crippen molar-refractivity contribution in [3.8, 4) is 0 Å². The van der Waals surface area contributed by atoms with E-state index >= 15 is 0 Å². The molecule has 0 spiro atoms. The molecular weight excluding hydrogens is 212 g/mol. The van der Waals surface area contributed by atoms with Crippen LogP contribution >= 0.6 is 0 Å². The van der Waals surface area contributed by atoms with Gasteiger partial charge in [-0.25, -0.2) is 12.7 Å². The molecule has 1 N–H and O–H groups in total. The van der Waals surface area contributed by atoms with Crippen molar-refractivity contribution >= 4 is 10.0 Å². The Kier molecular flexibility index (Phi) is 4.14. The van der Waals surface area contributed by atoms with E-state index in [0.29, 0.717) is 12.5 Å². The molecule has 0 bridgehead atoms. The van der Waals surface area contributed by atoms with E-state index in [-0.39, 0.29) is 11.3 Å². The number of nitrogens with zero attached hydrogens (tertiary/aromatic N) is 1. The molecule has 0 aliphatic heterocycles. The highest BCUT2D eigenvalue weighted by Gasteiger charge is 2.37. The average Bonchev–Trinajstić information content (AvgIpc) is 2.99. The van der Waals surface area contributed by atoms with Gasteiger partial charge in [-0.15, -0.1) is 0 Å². The first-order valence-corrected chi connectivity index (χ1v) is 7.03. The largest absolute Gasteiger partial charge is 0.318 e. The Balaban J connectivity index is 2.66. The molecule has 1 aliphatic rings. The Bertz CT molecular complexity index is 299. The standard InChI is InChI=1S/C10H22N2O2S/c1-8(7-11-3)15(13,14)12(4)9(2)10-5-6-10/h8-11H,5-7H2,1-4H3. The molecule has 1 aliphatic carbocycles. The molecule has 0 amide bonds. The number of sulfonamides is 1. The van der Waals surface area contributed by atoms with Crippen molar-refractivity contribution in [1.82, 2.24) is 9.62 Å². The first-order valence-electron chi connectivity index (χ1n) is 5.52. The third-order valence-electron chi connectivity index (χ3n) is 3.28. The van der Waals surface area contributed by atoms with Gasteiger partial charge in [-0.1, -0.05) is 0 Å². The fourth-order valence-electron chi connectivity index (χ4n) is 1.78. The molecule has 0 aromatic heterocycles. The Morgan fingerprint density at radius 3 is 2.33 bits per heavy atom. The van der Waals surface area contributed by atoms with Gasteiger partial charge in [0.1, 0.15) is 0 Å². The summed E-state index contributed by atoms with van der Waals surface area (Å²) in [5.74, 6) is 0.576. The summed E-state index contributed by atoms with van der Waals surface area (Å²) in [5.41, 5.74) is 0. The van der Waals surface area contributed by atoms with Crippen LogP contribution in [0.25, 0.3) is 0 Å². The van der Waals surface area contributed by atoms with Gasteiger partial charge in [0, 0.05) is 19.6 Å². The van der Waals surface area contributed by atoms with E-state index in [9.17, 15) is 8.42 Å². The molecule has 0 radical (unpaired) electrons. The minimum Gasteiger partial charge on any atom is -0.318 e. The molecular formula is C10H22N2O2S. The maximum Gasteiger partial charge on any atom is 0.217 e. The van der Waals surface area contributed by atoms with Crippen molar-refractivity contribution in [2.45, 2.75) is 38.0 Å². The van der Waals surface area contributed by atoms with Crippen LogP contribution in [0.3, 0.4) is 0 Å². The molecule has 0 aromatic rings. The number of hydrogen-bond acceptors (Lipinski definition) is 3. The zero-order chi connectivity index (χ0) is 11.6. The summed E-state index contributed by atoms with van der Waals surface area (Å²) in [6, 6.07) is 0.148. The molecule has 0 heterocycles. The normalized spacial score (nSPS) is 21.7. The lowest BCUT2D eigenvalue weighted by Gasteiger charge is -2.27. The Hall–Kier alpha value is -0.130. The summed E-state index contributed by atoms with van der Waals surface area (Å²) < 4.78 is 25.7. The van der Waals surface area contributed by atoms with Gasteiger partial charge in [0.25, 0.3) is 0 Å². The van der Waals surface area contributed by atoms with Gasteiger partial charge in [0.05, 0.1) is 5.25 Å². The van der Waals surface area contributed by atoms with E-state index in [1.807, 2.05) is 6.92 Å². The Morgan fingerprint density at radius 2 is 1.93 bits per heavy atom. The molecule has 0 aromatic carbocycles. The quantitative estimate of drug-likeness (QED) is 0.734. The van der Waals surface area contributed by atoms with Crippen LogP contribution < -0.4 is 5.32 Å². The highest BCUT2D eigenvalue weighted by atomic mass is 32.2. The van der Waals surface area contributed by atoms with Crippen LogP contribution in [0.1, 0.15) is 26.7 Å². The maximum absolute atomic E-state index is 12.1. The van der Waals surface area contributed by atoms with Crippen molar-refractivity contribution in [2.75, 3.05) is 20.6 Å². The fourth-order valence-corrected chi connectivity index (χ4v) is 3.36. The molecule has 0 saturated heterocycles. The van der Waals surface area contributed by atoms with Gasteiger partial charge >= 0.3 is 0 Å². The highest BCUT2D eigenvalue weighted by Crippen LogP contribution is 2.35. The average molecular weight is 234 g/mol. The van der Waals surface area contributed by atoms with Crippen LogP contribution in [0, 0.1) is 5.92 Å². The van der Waals surface area contributed by atoms with E-state index in [4.69, 9.17) is 0 Å². The van der Waals surface area contributed by atoms with Crippen LogP contribution in [0.4, 0.5) is 0 Å². The summed E-state index contributed by atoms with van der Waals surface area (Å²) >= 11 is 0. The summed E-state index contributed by atoms with van der Waals surface area (Å²) in [7, 11) is 0.338. The molecule has 5 heteroatoms. The Morgan fingerprint density at radius 1 is 1.40 bits per heavy atom. The van der Waals surface area contributed by atoms with Gasteiger partial charge in [-0.2, -0.15) is 0 Å².